The van der Waals surface area contributed by atoms with Crippen molar-refractivity contribution in [3.8, 4) is 0 Å². The molecule has 1 fully saturated rings. The lowest BCUT2D eigenvalue weighted by atomic mass is 9.72. The van der Waals surface area contributed by atoms with Gasteiger partial charge in [0, 0.05) is 12.0 Å². The molecule has 0 unspecified atom stereocenters. The van der Waals surface area contributed by atoms with Gasteiger partial charge in [-0.1, -0.05) is 13.2 Å². The first-order chi connectivity index (χ1) is 8.75. The SMILES string of the molecule is C=C(O)CC[C@@H]1O[C@H](C)C(=C)C(=O)[C@]1(C)C(=O)OC. The zero-order chi connectivity index (χ0) is 14.8. The second-order valence-electron chi connectivity index (χ2n) is 4.92. The highest BCUT2D eigenvalue weighted by molar-refractivity contribution is 6.13. The van der Waals surface area contributed by atoms with E-state index in [0.717, 1.165) is 0 Å². The summed E-state index contributed by atoms with van der Waals surface area (Å²) in [7, 11) is 1.23. The summed E-state index contributed by atoms with van der Waals surface area (Å²) in [5.41, 5.74) is -1.17. The standard InChI is InChI=1S/C14H20O5/c1-8(15)6-7-11-14(4,13(17)18-5)12(16)9(2)10(3)19-11/h10-11,15H,1-2,6-7H2,3-5H3/t10-,11+,14-/m1/s1. The molecule has 0 aromatic heterocycles. The third-order valence-electron chi connectivity index (χ3n) is 3.57. The molecule has 106 valence electrons. The Labute approximate surface area is 112 Å². The lowest BCUT2D eigenvalue weighted by molar-refractivity contribution is -0.175. The molecule has 0 aromatic rings. The smallest absolute Gasteiger partial charge is 0.322 e. The molecule has 0 radical (unpaired) electrons. The summed E-state index contributed by atoms with van der Waals surface area (Å²) in [5.74, 6) is -1.04. The highest BCUT2D eigenvalue weighted by Gasteiger charge is 2.54. The van der Waals surface area contributed by atoms with Crippen molar-refractivity contribution in [3.05, 3.63) is 24.5 Å². The molecule has 1 aliphatic rings. The van der Waals surface area contributed by atoms with Crippen LogP contribution in [0.1, 0.15) is 26.7 Å². The number of methoxy groups -OCH3 is 1. The number of ether oxygens (including phenoxy) is 2. The number of ketones is 1. The summed E-state index contributed by atoms with van der Waals surface area (Å²) in [4.78, 5) is 24.3. The minimum Gasteiger partial charge on any atom is -0.513 e. The summed E-state index contributed by atoms with van der Waals surface area (Å²) < 4.78 is 10.4. The van der Waals surface area contributed by atoms with Gasteiger partial charge in [-0.05, 0) is 20.3 Å². The normalized spacial score (nSPS) is 31.1. The van der Waals surface area contributed by atoms with Crippen LogP contribution in [-0.2, 0) is 19.1 Å². The third kappa shape index (κ3) is 2.71. The second-order valence-corrected chi connectivity index (χ2v) is 4.92. The van der Waals surface area contributed by atoms with Gasteiger partial charge in [-0.25, -0.2) is 0 Å². The van der Waals surface area contributed by atoms with Crippen molar-refractivity contribution in [2.75, 3.05) is 7.11 Å². The van der Waals surface area contributed by atoms with E-state index in [1.165, 1.54) is 14.0 Å². The zero-order valence-corrected chi connectivity index (χ0v) is 11.6. The number of hydrogen-bond acceptors (Lipinski definition) is 5. The van der Waals surface area contributed by atoms with Crippen molar-refractivity contribution in [1.82, 2.24) is 0 Å². The van der Waals surface area contributed by atoms with E-state index < -0.39 is 23.6 Å². The van der Waals surface area contributed by atoms with Gasteiger partial charge in [0.05, 0.1) is 25.1 Å². The Hall–Kier alpha value is -1.62. The highest BCUT2D eigenvalue weighted by atomic mass is 16.5. The Morgan fingerprint density at radius 2 is 2.16 bits per heavy atom. The van der Waals surface area contributed by atoms with Crippen LogP contribution in [0.25, 0.3) is 0 Å². The van der Waals surface area contributed by atoms with Crippen molar-refractivity contribution in [3.63, 3.8) is 0 Å². The van der Waals surface area contributed by atoms with Gasteiger partial charge < -0.3 is 14.6 Å². The number of rotatable bonds is 4. The zero-order valence-electron chi connectivity index (χ0n) is 11.6. The number of carbonyl (C=O) groups excluding carboxylic acids is 2. The molecule has 0 amide bonds. The van der Waals surface area contributed by atoms with Gasteiger partial charge in [-0.2, -0.15) is 0 Å². The molecule has 0 aromatic carbocycles. The summed E-state index contributed by atoms with van der Waals surface area (Å²) in [6, 6.07) is 0. The third-order valence-corrected chi connectivity index (χ3v) is 3.57. The van der Waals surface area contributed by atoms with Crippen LogP contribution in [0.4, 0.5) is 0 Å². The van der Waals surface area contributed by atoms with Crippen molar-refractivity contribution in [2.45, 2.75) is 38.9 Å². The fourth-order valence-electron chi connectivity index (χ4n) is 2.22. The highest BCUT2D eigenvalue weighted by Crippen LogP contribution is 2.39. The number of hydrogen-bond donors (Lipinski definition) is 1. The predicted molar refractivity (Wildman–Crippen MR) is 69.6 cm³/mol. The van der Waals surface area contributed by atoms with E-state index in [1.807, 2.05) is 0 Å². The molecule has 1 N–H and O–H groups in total. The maximum atomic E-state index is 12.3. The first kappa shape index (κ1) is 15.4. The second kappa shape index (κ2) is 5.57. The van der Waals surface area contributed by atoms with Crippen molar-refractivity contribution >= 4 is 11.8 Å². The van der Waals surface area contributed by atoms with E-state index in [0.29, 0.717) is 6.42 Å². The van der Waals surface area contributed by atoms with Crippen LogP contribution < -0.4 is 0 Å². The first-order valence-electron chi connectivity index (χ1n) is 6.09. The van der Waals surface area contributed by atoms with Crippen molar-refractivity contribution in [1.29, 1.82) is 0 Å². The lowest BCUT2D eigenvalue weighted by Gasteiger charge is -2.41. The van der Waals surface area contributed by atoms with Gasteiger partial charge >= 0.3 is 5.97 Å². The molecule has 0 saturated carbocycles. The Morgan fingerprint density at radius 3 is 2.63 bits per heavy atom. The minimum absolute atomic E-state index is 0.0136. The molecule has 1 rings (SSSR count). The Kier molecular flexibility index (Phi) is 4.52. The van der Waals surface area contributed by atoms with Crippen LogP contribution in [0.15, 0.2) is 24.5 Å². The average Bonchev–Trinajstić information content (AvgIpc) is 2.37. The van der Waals surface area contributed by atoms with E-state index in [9.17, 15) is 9.59 Å². The molecule has 0 spiro atoms. The Bertz CT molecular complexity index is 426. The number of allylic oxidation sites excluding steroid dienone is 1. The van der Waals surface area contributed by atoms with Crippen molar-refractivity contribution in [2.24, 2.45) is 5.41 Å². The Morgan fingerprint density at radius 1 is 1.58 bits per heavy atom. The van der Waals surface area contributed by atoms with Crippen molar-refractivity contribution < 1.29 is 24.2 Å². The van der Waals surface area contributed by atoms with Gasteiger partial charge in [0.15, 0.2) is 11.2 Å². The molecule has 1 saturated heterocycles. The number of aliphatic hydroxyl groups is 1. The maximum absolute atomic E-state index is 12.3. The van der Waals surface area contributed by atoms with Gasteiger partial charge in [0.2, 0.25) is 0 Å². The summed E-state index contributed by atoms with van der Waals surface area (Å²) in [6.45, 7) is 10.3. The molecular formula is C14H20O5. The molecule has 0 bridgehead atoms. The minimum atomic E-state index is -1.42. The lowest BCUT2D eigenvalue weighted by Crippen LogP contribution is -2.55. The van der Waals surface area contributed by atoms with Crippen LogP contribution >= 0.6 is 0 Å². The van der Waals surface area contributed by atoms with E-state index in [1.54, 1.807) is 6.92 Å². The first-order valence-corrected chi connectivity index (χ1v) is 6.09. The maximum Gasteiger partial charge on any atom is 0.322 e. The number of Topliss-reactive ketones (excluding diaryl/α,β-unsaturated/α-hetero) is 1. The number of esters is 1. The van der Waals surface area contributed by atoms with Crippen LogP contribution in [0, 0.1) is 5.41 Å². The van der Waals surface area contributed by atoms with Crippen LogP contribution in [0.3, 0.4) is 0 Å². The molecule has 1 heterocycles. The summed E-state index contributed by atoms with van der Waals surface area (Å²) in [6.07, 6.45) is -0.562. The Balaban J connectivity index is 3.08. The molecule has 19 heavy (non-hydrogen) atoms. The fraction of sp³-hybridized carbons (Fsp3) is 0.571. The number of carbonyl (C=O) groups is 2. The molecule has 0 aliphatic carbocycles. The van der Waals surface area contributed by atoms with Crippen LogP contribution in [-0.4, -0.2) is 36.2 Å². The monoisotopic (exact) mass is 268 g/mol. The van der Waals surface area contributed by atoms with E-state index in [2.05, 4.69) is 13.2 Å². The molecular weight excluding hydrogens is 248 g/mol. The topological polar surface area (TPSA) is 72.8 Å². The van der Waals surface area contributed by atoms with E-state index >= 15 is 0 Å². The van der Waals surface area contributed by atoms with E-state index in [-0.39, 0.29) is 23.5 Å². The average molecular weight is 268 g/mol. The number of aliphatic hydroxyl groups excluding tert-OH is 1. The largest absolute Gasteiger partial charge is 0.513 e. The summed E-state index contributed by atoms with van der Waals surface area (Å²) >= 11 is 0. The van der Waals surface area contributed by atoms with Crippen LogP contribution in [0.2, 0.25) is 0 Å². The molecule has 5 nitrogen and oxygen atoms in total. The molecule has 3 atom stereocenters. The van der Waals surface area contributed by atoms with E-state index in [4.69, 9.17) is 14.6 Å². The molecule has 5 heteroatoms. The summed E-state index contributed by atoms with van der Waals surface area (Å²) in [5, 5.41) is 9.16. The fourth-order valence-corrected chi connectivity index (χ4v) is 2.22. The van der Waals surface area contributed by atoms with Gasteiger partial charge in [-0.3, -0.25) is 9.59 Å². The predicted octanol–water partition coefficient (Wildman–Crippen LogP) is 1.93. The van der Waals surface area contributed by atoms with Gasteiger partial charge in [-0.15, -0.1) is 0 Å². The van der Waals surface area contributed by atoms with Gasteiger partial charge in [0.25, 0.3) is 0 Å². The quantitative estimate of drug-likeness (QED) is 0.365. The van der Waals surface area contributed by atoms with Gasteiger partial charge in [0.1, 0.15) is 0 Å². The molecule has 1 aliphatic heterocycles. The van der Waals surface area contributed by atoms with Crippen LogP contribution in [0.5, 0.6) is 0 Å².